The first-order valence-corrected chi connectivity index (χ1v) is 3.87. The zero-order valence-electron chi connectivity index (χ0n) is 6.76. The first-order chi connectivity index (χ1) is 6.18. The van der Waals surface area contributed by atoms with Crippen molar-refractivity contribution in [3.05, 3.63) is 23.0 Å². The van der Waals surface area contributed by atoms with Crippen LogP contribution in [0.3, 0.4) is 0 Å². The summed E-state index contributed by atoms with van der Waals surface area (Å²) in [6.45, 7) is 0.464. The van der Waals surface area contributed by atoms with Crippen molar-refractivity contribution in [2.75, 3.05) is 13.1 Å². The molecule has 0 saturated carbocycles. The van der Waals surface area contributed by atoms with E-state index in [1.807, 2.05) is 0 Å². The van der Waals surface area contributed by atoms with Crippen molar-refractivity contribution in [3.63, 3.8) is 0 Å². The van der Waals surface area contributed by atoms with Crippen LogP contribution in [0.2, 0.25) is 0 Å². The minimum Gasteiger partial charge on any atom is -0.510 e. The van der Waals surface area contributed by atoms with Crippen molar-refractivity contribution in [2.24, 2.45) is 0 Å². The number of hydrogen-bond acceptors (Lipinski definition) is 3. The first-order valence-electron chi connectivity index (χ1n) is 3.87. The fraction of sp³-hybridized carbons (Fsp3) is 0.250. The van der Waals surface area contributed by atoms with Crippen molar-refractivity contribution in [3.8, 4) is 0 Å². The molecule has 2 heterocycles. The van der Waals surface area contributed by atoms with Crippen molar-refractivity contribution in [1.82, 2.24) is 10.6 Å². The molecule has 5 heteroatoms. The second-order valence-electron chi connectivity index (χ2n) is 2.89. The summed E-state index contributed by atoms with van der Waals surface area (Å²) in [5.41, 5.74) is 0.788. The van der Waals surface area contributed by atoms with Gasteiger partial charge >= 0.3 is 0 Å². The van der Waals surface area contributed by atoms with Gasteiger partial charge in [0.15, 0.2) is 0 Å². The van der Waals surface area contributed by atoms with Gasteiger partial charge in [0.25, 0.3) is 5.91 Å². The molecule has 0 atom stereocenters. The van der Waals surface area contributed by atoms with Crippen molar-refractivity contribution in [1.29, 1.82) is 0 Å². The molecule has 3 N–H and O–H groups in total. The highest BCUT2D eigenvalue weighted by molar-refractivity contribution is 6.04. The van der Waals surface area contributed by atoms with E-state index in [1.54, 1.807) is 0 Å². The van der Waals surface area contributed by atoms with Crippen molar-refractivity contribution < 1.29 is 14.7 Å². The minimum absolute atomic E-state index is 0.00718. The van der Waals surface area contributed by atoms with E-state index in [0.29, 0.717) is 12.1 Å². The van der Waals surface area contributed by atoms with E-state index >= 15 is 0 Å². The van der Waals surface area contributed by atoms with E-state index in [0.717, 1.165) is 0 Å². The van der Waals surface area contributed by atoms with Gasteiger partial charge in [-0.05, 0) is 5.57 Å². The van der Waals surface area contributed by atoms with Crippen LogP contribution in [0.4, 0.5) is 0 Å². The maximum Gasteiger partial charge on any atom is 0.255 e. The van der Waals surface area contributed by atoms with E-state index in [1.165, 1.54) is 6.08 Å². The van der Waals surface area contributed by atoms with Gasteiger partial charge in [-0.3, -0.25) is 9.59 Å². The topological polar surface area (TPSA) is 78.4 Å². The Morgan fingerprint density at radius 3 is 2.46 bits per heavy atom. The largest absolute Gasteiger partial charge is 0.510 e. The van der Waals surface area contributed by atoms with Crippen LogP contribution in [-0.2, 0) is 9.59 Å². The summed E-state index contributed by atoms with van der Waals surface area (Å²) in [6, 6.07) is 0. The second-order valence-corrected chi connectivity index (χ2v) is 2.89. The number of aliphatic hydroxyl groups excluding tert-OH is 1. The van der Waals surface area contributed by atoms with Crippen LogP contribution >= 0.6 is 0 Å². The molecule has 0 bridgehead atoms. The normalized spacial score (nSPS) is 21.7. The smallest absolute Gasteiger partial charge is 0.255 e. The van der Waals surface area contributed by atoms with Gasteiger partial charge < -0.3 is 15.7 Å². The fourth-order valence-corrected chi connectivity index (χ4v) is 1.41. The third kappa shape index (κ3) is 1.18. The average Bonchev–Trinajstić information content (AvgIpc) is 2.60. The molecule has 2 aliphatic rings. The predicted molar refractivity (Wildman–Crippen MR) is 43.8 cm³/mol. The molecule has 5 nitrogen and oxygen atoms in total. The van der Waals surface area contributed by atoms with E-state index in [-0.39, 0.29) is 29.7 Å². The Labute approximate surface area is 74.1 Å². The predicted octanol–water partition coefficient (Wildman–Crippen LogP) is -1.02. The second kappa shape index (κ2) is 2.62. The number of carbonyl (C=O) groups is 2. The molecule has 0 aromatic heterocycles. The zero-order valence-corrected chi connectivity index (χ0v) is 6.76. The lowest BCUT2D eigenvalue weighted by Crippen LogP contribution is -2.20. The van der Waals surface area contributed by atoms with Crippen LogP contribution in [-0.4, -0.2) is 30.0 Å². The van der Waals surface area contributed by atoms with Crippen LogP contribution in [0.5, 0.6) is 0 Å². The lowest BCUT2D eigenvalue weighted by atomic mass is 10.1. The molecule has 2 rings (SSSR count). The molecule has 2 amide bonds. The number of hydrogen-bond donors (Lipinski definition) is 3. The molecule has 0 aliphatic carbocycles. The molecular formula is C8H8N2O3. The summed E-state index contributed by atoms with van der Waals surface area (Å²) in [6.07, 6.45) is 1.33. The molecule has 13 heavy (non-hydrogen) atoms. The number of rotatable bonds is 1. The Morgan fingerprint density at radius 2 is 2.00 bits per heavy atom. The summed E-state index contributed by atoms with van der Waals surface area (Å²) >= 11 is 0. The molecule has 68 valence electrons. The molecule has 0 radical (unpaired) electrons. The van der Waals surface area contributed by atoms with Gasteiger partial charge in [0.05, 0.1) is 12.1 Å². The molecule has 0 saturated heterocycles. The quantitative estimate of drug-likeness (QED) is 0.483. The Balaban J connectivity index is 2.35. The number of carbonyl (C=O) groups excluding carboxylic acids is 2. The summed E-state index contributed by atoms with van der Waals surface area (Å²) in [7, 11) is 0. The average molecular weight is 180 g/mol. The van der Waals surface area contributed by atoms with Gasteiger partial charge in [0.2, 0.25) is 5.91 Å². The Morgan fingerprint density at radius 1 is 1.23 bits per heavy atom. The molecule has 0 spiro atoms. The van der Waals surface area contributed by atoms with E-state index in [4.69, 9.17) is 0 Å². The van der Waals surface area contributed by atoms with Gasteiger partial charge in [-0.2, -0.15) is 0 Å². The van der Waals surface area contributed by atoms with Crippen molar-refractivity contribution >= 4 is 11.8 Å². The standard InChI is InChI=1S/C8H8N2O3/c11-5-3-10-8(13)7(5)4-1-6(12)9-2-4/h1,11H,2-3H2,(H,9,12)(H,10,13). The van der Waals surface area contributed by atoms with Gasteiger partial charge in [-0.1, -0.05) is 0 Å². The Bertz CT molecular complexity index is 354. The van der Waals surface area contributed by atoms with Gasteiger partial charge in [-0.25, -0.2) is 0 Å². The van der Waals surface area contributed by atoms with E-state index in [2.05, 4.69) is 10.6 Å². The highest BCUT2D eigenvalue weighted by Crippen LogP contribution is 2.19. The summed E-state index contributed by atoms with van der Waals surface area (Å²) in [5.74, 6) is -0.539. The fourth-order valence-electron chi connectivity index (χ4n) is 1.41. The van der Waals surface area contributed by atoms with E-state index < -0.39 is 0 Å². The number of nitrogens with one attached hydrogen (secondary N) is 2. The van der Waals surface area contributed by atoms with Gasteiger partial charge in [-0.15, -0.1) is 0 Å². The highest BCUT2D eigenvalue weighted by atomic mass is 16.3. The molecule has 0 aromatic carbocycles. The van der Waals surface area contributed by atoms with E-state index in [9.17, 15) is 14.7 Å². The van der Waals surface area contributed by atoms with Crippen LogP contribution < -0.4 is 10.6 Å². The molecule has 0 fully saturated rings. The Kier molecular flexibility index (Phi) is 1.58. The van der Waals surface area contributed by atoms with Crippen LogP contribution in [0, 0.1) is 0 Å². The monoisotopic (exact) mass is 180 g/mol. The summed E-state index contributed by atoms with van der Waals surface area (Å²) in [4.78, 5) is 22.0. The third-order valence-corrected chi connectivity index (χ3v) is 2.01. The molecule has 2 aliphatic heterocycles. The number of aliphatic hydroxyl groups is 1. The third-order valence-electron chi connectivity index (χ3n) is 2.01. The molecule has 0 aromatic rings. The van der Waals surface area contributed by atoms with Crippen LogP contribution in [0.25, 0.3) is 0 Å². The summed E-state index contributed by atoms with van der Waals surface area (Å²) < 4.78 is 0. The minimum atomic E-state index is -0.319. The highest BCUT2D eigenvalue weighted by Gasteiger charge is 2.28. The first kappa shape index (κ1) is 7.85. The number of amides is 2. The van der Waals surface area contributed by atoms with Crippen molar-refractivity contribution in [2.45, 2.75) is 0 Å². The van der Waals surface area contributed by atoms with Crippen LogP contribution in [0.15, 0.2) is 23.0 Å². The molecule has 0 unspecified atom stereocenters. The maximum atomic E-state index is 11.2. The Hall–Kier alpha value is -1.78. The lowest BCUT2D eigenvalue weighted by Gasteiger charge is -1.99. The van der Waals surface area contributed by atoms with Gasteiger partial charge in [0, 0.05) is 12.6 Å². The van der Waals surface area contributed by atoms with Gasteiger partial charge in [0.1, 0.15) is 5.76 Å². The SMILES string of the molecule is O=C1C=C(C2=C(O)CNC2=O)CN1. The lowest BCUT2D eigenvalue weighted by molar-refractivity contribution is -0.116. The summed E-state index contributed by atoms with van der Waals surface area (Å²) in [5, 5.41) is 14.3. The zero-order chi connectivity index (χ0) is 9.42. The maximum absolute atomic E-state index is 11.2. The molecular weight excluding hydrogens is 172 g/mol. The van der Waals surface area contributed by atoms with Crippen LogP contribution in [0.1, 0.15) is 0 Å².